The highest BCUT2D eigenvalue weighted by Gasteiger charge is 2.02. The summed E-state index contributed by atoms with van der Waals surface area (Å²) in [5, 5.41) is 2.65. The largest absolute Gasteiger partial charge is 0.445 e. The zero-order chi connectivity index (χ0) is 42.0. The number of carbonyl (C=O) groups is 1. The van der Waals surface area contributed by atoms with Crippen LogP contribution in [0.4, 0.5) is 4.79 Å². The van der Waals surface area contributed by atoms with Crippen molar-refractivity contribution in [3.05, 3.63) is 35.9 Å². The van der Waals surface area contributed by atoms with Gasteiger partial charge in [-0.15, -0.1) is 0 Å². The van der Waals surface area contributed by atoms with Crippen LogP contribution in [0.3, 0.4) is 0 Å². The molecule has 1 aromatic carbocycles. The standard InChI is InChI=1S/C45H83NO13/c1-2-3-4-5-6-7-8-9-10-11-12-13-17-21-48-23-25-50-27-29-52-31-33-54-35-37-56-39-41-58-42-40-57-38-36-55-34-32-53-30-28-51-26-24-49-22-20-46-45(47)59-43-44-18-15-14-16-19-44/h14-16,18-19H,2-13,17,20-43H2,1H3,(H,46,47). The molecule has 0 spiro atoms. The molecule has 1 aromatic rings. The molecule has 59 heavy (non-hydrogen) atoms. The third-order valence-corrected chi connectivity index (χ3v) is 8.84. The van der Waals surface area contributed by atoms with Gasteiger partial charge in [-0.1, -0.05) is 114 Å². The number of rotatable bonds is 49. The summed E-state index contributed by atoms with van der Waals surface area (Å²) in [5.74, 6) is 0. The third kappa shape index (κ3) is 45.4. The van der Waals surface area contributed by atoms with Gasteiger partial charge >= 0.3 is 6.09 Å². The summed E-state index contributed by atoms with van der Waals surface area (Å²) in [6.45, 7) is 14.4. The molecule has 0 atom stereocenters. The normalized spacial score (nSPS) is 11.4. The molecule has 0 aliphatic heterocycles. The van der Waals surface area contributed by atoms with Crippen molar-refractivity contribution in [3.8, 4) is 0 Å². The molecule has 0 aliphatic rings. The molecular formula is C45H83NO13. The fourth-order valence-corrected chi connectivity index (χ4v) is 5.52. The molecule has 1 amide bonds. The maximum absolute atomic E-state index is 11.7. The first-order chi connectivity index (χ1) is 29.3. The van der Waals surface area contributed by atoms with Crippen LogP contribution in [0.5, 0.6) is 0 Å². The molecule has 0 aliphatic carbocycles. The van der Waals surface area contributed by atoms with Crippen molar-refractivity contribution in [2.24, 2.45) is 0 Å². The van der Waals surface area contributed by atoms with Gasteiger partial charge in [0, 0.05) is 13.2 Å². The smallest absolute Gasteiger partial charge is 0.407 e. The van der Waals surface area contributed by atoms with Crippen LogP contribution in [-0.4, -0.2) is 158 Å². The number of alkyl carbamates (subject to hydrolysis) is 1. The van der Waals surface area contributed by atoms with E-state index in [0.717, 1.165) is 18.6 Å². The first kappa shape index (κ1) is 55.1. The second-order valence-corrected chi connectivity index (χ2v) is 14.0. The van der Waals surface area contributed by atoms with Gasteiger partial charge in [0.25, 0.3) is 0 Å². The minimum absolute atomic E-state index is 0.239. The lowest BCUT2D eigenvalue weighted by molar-refractivity contribution is -0.0275. The molecule has 0 bridgehead atoms. The van der Waals surface area contributed by atoms with Crippen LogP contribution in [0, 0.1) is 0 Å². The highest BCUT2D eigenvalue weighted by molar-refractivity contribution is 5.67. The van der Waals surface area contributed by atoms with Crippen molar-refractivity contribution < 1.29 is 61.6 Å². The summed E-state index contributed by atoms with van der Waals surface area (Å²) in [4.78, 5) is 11.7. The van der Waals surface area contributed by atoms with Crippen molar-refractivity contribution in [2.75, 3.05) is 152 Å². The van der Waals surface area contributed by atoms with Gasteiger partial charge in [0.2, 0.25) is 0 Å². The number of unbranched alkanes of at least 4 members (excludes halogenated alkanes) is 12. The Labute approximate surface area is 357 Å². The SMILES string of the molecule is CCCCCCCCCCCCCCCOCCOCCOCCOCCOCCOCCOCCOCCOCCOCCOCCNC(=O)OCc1ccccc1. The van der Waals surface area contributed by atoms with E-state index in [9.17, 15) is 4.79 Å². The Morgan fingerprint density at radius 3 is 1.00 bits per heavy atom. The number of benzene rings is 1. The first-order valence-corrected chi connectivity index (χ1v) is 22.6. The molecule has 0 radical (unpaired) electrons. The number of nitrogens with one attached hydrogen (secondary N) is 1. The summed E-state index contributed by atoms with van der Waals surface area (Å²) >= 11 is 0. The highest BCUT2D eigenvalue weighted by Crippen LogP contribution is 2.12. The molecule has 1 N–H and O–H groups in total. The maximum Gasteiger partial charge on any atom is 0.407 e. The van der Waals surface area contributed by atoms with Crippen LogP contribution in [0.25, 0.3) is 0 Å². The van der Waals surface area contributed by atoms with Gasteiger partial charge in [-0.3, -0.25) is 0 Å². The van der Waals surface area contributed by atoms with Gasteiger partial charge in [-0.2, -0.15) is 0 Å². The average molecular weight is 846 g/mol. The van der Waals surface area contributed by atoms with Crippen molar-refractivity contribution in [2.45, 2.75) is 97.0 Å². The molecule has 0 saturated heterocycles. The van der Waals surface area contributed by atoms with Crippen LogP contribution in [0.1, 0.15) is 96.0 Å². The number of hydrogen-bond acceptors (Lipinski definition) is 13. The van der Waals surface area contributed by atoms with E-state index in [2.05, 4.69) is 12.2 Å². The molecule has 0 fully saturated rings. The van der Waals surface area contributed by atoms with E-state index < -0.39 is 6.09 Å². The van der Waals surface area contributed by atoms with E-state index in [1.54, 1.807) is 0 Å². The lowest BCUT2D eigenvalue weighted by atomic mass is 10.0. The van der Waals surface area contributed by atoms with Gasteiger partial charge in [0.15, 0.2) is 0 Å². The van der Waals surface area contributed by atoms with E-state index >= 15 is 0 Å². The summed E-state index contributed by atoms with van der Waals surface area (Å²) in [5.41, 5.74) is 0.939. The van der Waals surface area contributed by atoms with E-state index in [4.69, 9.17) is 56.8 Å². The second-order valence-electron chi connectivity index (χ2n) is 14.0. The van der Waals surface area contributed by atoms with E-state index in [1.807, 2.05) is 30.3 Å². The van der Waals surface area contributed by atoms with Crippen LogP contribution < -0.4 is 5.32 Å². The molecule has 14 heteroatoms. The average Bonchev–Trinajstić information content (AvgIpc) is 3.25. The number of ether oxygens (including phenoxy) is 12. The highest BCUT2D eigenvalue weighted by atomic mass is 16.6. The predicted molar refractivity (Wildman–Crippen MR) is 229 cm³/mol. The minimum Gasteiger partial charge on any atom is -0.445 e. The predicted octanol–water partition coefficient (Wildman–Crippen LogP) is 7.19. The van der Waals surface area contributed by atoms with E-state index in [1.165, 1.54) is 77.0 Å². The summed E-state index contributed by atoms with van der Waals surface area (Å²) in [6, 6.07) is 9.52. The molecule has 1 rings (SSSR count). The third-order valence-electron chi connectivity index (χ3n) is 8.84. The Morgan fingerprint density at radius 2 is 0.661 bits per heavy atom. The lowest BCUT2D eigenvalue weighted by Gasteiger charge is -2.09. The van der Waals surface area contributed by atoms with Crippen molar-refractivity contribution in [3.63, 3.8) is 0 Å². The van der Waals surface area contributed by atoms with Gasteiger partial charge in [-0.25, -0.2) is 4.79 Å². The summed E-state index contributed by atoms with van der Waals surface area (Å²) in [6.07, 6.45) is 17.3. The molecule has 0 saturated carbocycles. The number of amides is 1. The minimum atomic E-state index is -0.467. The van der Waals surface area contributed by atoms with Crippen LogP contribution >= 0.6 is 0 Å². The Hall–Kier alpha value is -1.95. The zero-order valence-electron chi connectivity index (χ0n) is 36.9. The van der Waals surface area contributed by atoms with Crippen LogP contribution in [0.15, 0.2) is 30.3 Å². The Morgan fingerprint density at radius 1 is 0.373 bits per heavy atom. The first-order valence-electron chi connectivity index (χ1n) is 22.6. The number of hydrogen-bond donors (Lipinski definition) is 1. The van der Waals surface area contributed by atoms with Crippen LogP contribution in [-0.2, 0) is 63.4 Å². The second kappa shape index (κ2) is 48.7. The monoisotopic (exact) mass is 846 g/mol. The van der Waals surface area contributed by atoms with Crippen molar-refractivity contribution >= 4 is 6.09 Å². The molecule has 0 unspecified atom stereocenters. The van der Waals surface area contributed by atoms with Gasteiger partial charge in [0.1, 0.15) is 6.61 Å². The van der Waals surface area contributed by atoms with E-state index in [-0.39, 0.29) is 6.61 Å². The van der Waals surface area contributed by atoms with Crippen molar-refractivity contribution in [1.29, 1.82) is 0 Å². The maximum atomic E-state index is 11.7. The molecule has 14 nitrogen and oxygen atoms in total. The Kier molecular flexibility index (Phi) is 45.5. The van der Waals surface area contributed by atoms with Gasteiger partial charge < -0.3 is 62.2 Å². The molecule has 346 valence electrons. The molecular weight excluding hydrogens is 762 g/mol. The quantitative estimate of drug-likeness (QED) is 0.0663. The fourth-order valence-electron chi connectivity index (χ4n) is 5.52. The Balaban J connectivity index is 1.61. The summed E-state index contributed by atoms with van der Waals surface area (Å²) in [7, 11) is 0. The van der Waals surface area contributed by atoms with Gasteiger partial charge in [-0.05, 0) is 12.0 Å². The van der Waals surface area contributed by atoms with Crippen molar-refractivity contribution in [1.82, 2.24) is 5.32 Å². The molecule has 0 aromatic heterocycles. The summed E-state index contributed by atoms with van der Waals surface area (Å²) < 4.78 is 65.9. The fraction of sp³-hybridized carbons (Fsp3) is 0.844. The Bertz CT molecular complexity index is 950. The van der Waals surface area contributed by atoms with E-state index in [0.29, 0.717) is 145 Å². The lowest BCUT2D eigenvalue weighted by Crippen LogP contribution is -2.28. The molecule has 0 heterocycles. The van der Waals surface area contributed by atoms with Crippen LogP contribution in [0.2, 0.25) is 0 Å². The topological polar surface area (TPSA) is 140 Å². The zero-order valence-corrected chi connectivity index (χ0v) is 36.9. The van der Waals surface area contributed by atoms with Gasteiger partial charge in [0.05, 0.1) is 139 Å². The number of carbonyl (C=O) groups excluding carboxylic acids is 1.